The van der Waals surface area contributed by atoms with Crippen molar-refractivity contribution in [1.82, 2.24) is 15.5 Å². The Balaban J connectivity index is 3.99. The van der Waals surface area contributed by atoms with E-state index in [1.54, 1.807) is 0 Å². The van der Waals surface area contributed by atoms with Gasteiger partial charge in [-0.15, -0.1) is 0 Å². The number of nitrogens with one attached hydrogen (secondary N) is 2. The van der Waals surface area contributed by atoms with Crippen LogP contribution in [0.2, 0.25) is 0 Å². The van der Waals surface area contributed by atoms with Gasteiger partial charge in [0.15, 0.2) is 0 Å². The molecule has 0 radical (unpaired) electrons. The van der Waals surface area contributed by atoms with Crippen LogP contribution >= 0.6 is 0 Å². The minimum Gasteiger partial charge on any atom is -0.352 e. The highest BCUT2D eigenvalue weighted by Gasteiger charge is 2.16. The van der Waals surface area contributed by atoms with Crippen molar-refractivity contribution in [3.05, 3.63) is 0 Å². The van der Waals surface area contributed by atoms with E-state index >= 15 is 0 Å². The zero-order chi connectivity index (χ0) is 11.8. The molecule has 1 amide bonds. The summed E-state index contributed by atoms with van der Waals surface area (Å²) in [5.74, 6) is 0.593. The van der Waals surface area contributed by atoms with Gasteiger partial charge >= 0.3 is 0 Å². The van der Waals surface area contributed by atoms with Crippen molar-refractivity contribution in [1.29, 1.82) is 0 Å². The Labute approximate surface area is 93.4 Å². The first-order valence-electron chi connectivity index (χ1n) is 5.56. The summed E-state index contributed by atoms with van der Waals surface area (Å²) in [6.45, 7) is 5.89. The molecule has 4 nitrogen and oxygen atoms in total. The molecular weight excluding hydrogens is 190 g/mol. The van der Waals surface area contributed by atoms with Crippen LogP contribution < -0.4 is 10.6 Å². The Kier molecular flexibility index (Phi) is 7.34. The number of hydrogen-bond acceptors (Lipinski definition) is 3. The quantitative estimate of drug-likeness (QED) is 0.642. The highest BCUT2D eigenvalue weighted by molar-refractivity contribution is 5.76. The van der Waals surface area contributed by atoms with E-state index in [2.05, 4.69) is 29.4 Å². The van der Waals surface area contributed by atoms with Gasteiger partial charge in [0.2, 0.25) is 5.91 Å². The van der Waals surface area contributed by atoms with Crippen LogP contribution in [0, 0.1) is 5.92 Å². The fourth-order valence-corrected chi connectivity index (χ4v) is 1.33. The normalized spacial score (nSPS) is 13.3. The summed E-state index contributed by atoms with van der Waals surface area (Å²) in [4.78, 5) is 13.6. The van der Waals surface area contributed by atoms with Crippen molar-refractivity contribution < 1.29 is 4.79 Å². The fourth-order valence-electron chi connectivity index (χ4n) is 1.33. The maximum absolute atomic E-state index is 11.5. The van der Waals surface area contributed by atoms with Crippen molar-refractivity contribution in [2.45, 2.75) is 26.3 Å². The van der Waals surface area contributed by atoms with Crippen LogP contribution in [-0.4, -0.2) is 51.1 Å². The third-order valence-corrected chi connectivity index (χ3v) is 2.32. The molecule has 0 heterocycles. The summed E-state index contributed by atoms with van der Waals surface area (Å²) in [7, 11) is 5.90. The molecule has 0 saturated heterocycles. The van der Waals surface area contributed by atoms with Gasteiger partial charge < -0.3 is 15.5 Å². The van der Waals surface area contributed by atoms with Gasteiger partial charge in [-0.05, 0) is 27.1 Å². The molecule has 2 N–H and O–H groups in total. The zero-order valence-electron chi connectivity index (χ0n) is 10.6. The lowest BCUT2D eigenvalue weighted by Crippen LogP contribution is -2.45. The summed E-state index contributed by atoms with van der Waals surface area (Å²) in [5.41, 5.74) is 0. The number of rotatable bonds is 7. The molecule has 4 heteroatoms. The first-order chi connectivity index (χ1) is 6.97. The molecule has 90 valence electrons. The average Bonchev–Trinajstić information content (AvgIpc) is 2.12. The number of amides is 1. The van der Waals surface area contributed by atoms with Crippen LogP contribution in [0.1, 0.15) is 20.3 Å². The summed E-state index contributed by atoms with van der Waals surface area (Å²) < 4.78 is 0. The highest BCUT2D eigenvalue weighted by Crippen LogP contribution is 2.02. The lowest BCUT2D eigenvalue weighted by Gasteiger charge is -2.25. The lowest BCUT2D eigenvalue weighted by molar-refractivity contribution is -0.122. The molecule has 0 aliphatic rings. The van der Waals surface area contributed by atoms with E-state index in [1.807, 2.05) is 21.1 Å². The molecule has 0 aromatic heterocycles. The Morgan fingerprint density at radius 2 is 1.93 bits per heavy atom. The minimum atomic E-state index is 0.130. The standard InChI is InChI=1S/C11H25N3O/c1-9(2)10(8-14(4)5)13-11(15)6-7-12-3/h9-10,12H,6-8H2,1-5H3,(H,13,15). The Bertz CT molecular complexity index is 181. The molecule has 0 spiro atoms. The Morgan fingerprint density at radius 1 is 1.33 bits per heavy atom. The van der Waals surface area contributed by atoms with Gasteiger partial charge in [-0.25, -0.2) is 0 Å². The van der Waals surface area contributed by atoms with Crippen molar-refractivity contribution in [2.75, 3.05) is 34.2 Å². The van der Waals surface area contributed by atoms with Gasteiger partial charge in [-0.1, -0.05) is 13.8 Å². The molecule has 0 aliphatic heterocycles. The van der Waals surface area contributed by atoms with Crippen LogP contribution in [0.3, 0.4) is 0 Å². The third kappa shape index (κ3) is 7.33. The number of carbonyl (C=O) groups excluding carboxylic acids is 1. The van der Waals surface area contributed by atoms with E-state index in [1.165, 1.54) is 0 Å². The minimum absolute atomic E-state index is 0.130. The van der Waals surface area contributed by atoms with E-state index in [4.69, 9.17) is 0 Å². The predicted molar refractivity (Wildman–Crippen MR) is 63.9 cm³/mol. The molecule has 0 aromatic carbocycles. The van der Waals surface area contributed by atoms with Crippen molar-refractivity contribution in [2.24, 2.45) is 5.92 Å². The summed E-state index contributed by atoms with van der Waals surface area (Å²) in [6.07, 6.45) is 0.549. The van der Waals surface area contributed by atoms with E-state index in [-0.39, 0.29) is 11.9 Å². The number of hydrogen-bond donors (Lipinski definition) is 2. The summed E-state index contributed by atoms with van der Waals surface area (Å²) >= 11 is 0. The molecule has 0 fully saturated rings. The second kappa shape index (κ2) is 7.65. The predicted octanol–water partition coefficient (Wildman–Crippen LogP) is 0.298. The highest BCUT2D eigenvalue weighted by atomic mass is 16.1. The van der Waals surface area contributed by atoms with Gasteiger partial charge in [0.05, 0.1) is 0 Å². The molecule has 0 bridgehead atoms. The van der Waals surface area contributed by atoms with Crippen molar-refractivity contribution in [3.8, 4) is 0 Å². The molecule has 0 aromatic rings. The number of carbonyl (C=O) groups is 1. The average molecular weight is 215 g/mol. The van der Waals surface area contributed by atoms with E-state index in [0.717, 1.165) is 13.1 Å². The molecule has 15 heavy (non-hydrogen) atoms. The zero-order valence-corrected chi connectivity index (χ0v) is 10.6. The van der Waals surface area contributed by atoms with Crippen LogP contribution in [0.4, 0.5) is 0 Å². The lowest BCUT2D eigenvalue weighted by atomic mass is 10.0. The van der Waals surface area contributed by atoms with E-state index in [0.29, 0.717) is 12.3 Å². The SMILES string of the molecule is CNCCC(=O)NC(CN(C)C)C(C)C. The maximum atomic E-state index is 11.5. The first-order valence-corrected chi connectivity index (χ1v) is 5.56. The maximum Gasteiger partial charge on any atom is 0.221 e. The molecule has 0 aliphatic carbocycles. The second-order valence-electron chi connectivity index (χ2n) is 4.53. The third-order valence-electron chi connectivity index (χ3n) is 2.32. The van der Waals surface area contributed by atoms with Crippen molar-refractivity contribution in [3.63, 3.8) is 0 Å². The summed E-state index contributed by atoms with van der Waals surface area (Å²) in [5, 5.41) is 6.03. The van der Waals surface area contributed by atoms with E-state index < -0.39 is 0 Å². The fraction of sp³-hybridized carbons (Fsp3) is 0.909. The van der Waals surface area contributed by atoms with E-state index in [9.17, 15) is 4.79 Å². The van der Waals surface area contributed by atoms with Crippen LogP contribution in [-0.2, 0) is 4.79 Å². The summed E-state index contributed by atoms with van der Waals surface area (Å²) in [6, 6.07) is 0.240. The van der Waals surface area contributed by atoms with Gasteiger partial charge in [0.25, 0.3) is 0 Å². The van der Waals surface area contributed by atoms with Gasteiger partial charge in [0, 0.05) is 25.6 Å². The largest absolute Gasteiger partial charge is 0.352 e. The van der Waals surface area contributed by atoms with Crippen LogP contribution in [0.25, 0.3) is 0 Å². The second-order valence-corrected chi connectivity index (χ2v) is 4.53. The smallest absolute Gasteiger partial charge is 0.221 e. The number of likely N-dealkylation sites (N-methyl/N-ethyl adjacent to an activating group) is 1. The molecule has 0 rings (SSSR count). The molecule has 1 atom stereocenters. The van der Waals surface area contributed by atoms with Gasteiger partial charge in [-0.3, -0.25) is 4.79 Å². The topological polar surface area (TPSA) is 44.4 Å². The molecular formula is C11H25N3O. The van der Waals surface area contributed by atoms with Gasteiger partial charge in [-0.2, -0.15) is 0 Å². The Hall–Kier alpha value is -0.610. The van der Waals surface area contributed by atoms with Crippen LogP contribution in [0.5, 0.6) is 0 Å². The van der Waals surface area contributed by atoms with Gasteiger partial charge in [0.1, 0.15) is 0 Å². The Morgan fingerprint density at radius 3 is 2.33 bits per heavy atom. The van der Waals surface area contributed by atoms with Crippen LogP contribution in [0.15, 0.2) is 0 Å². The monoisotopic (exact) mass is 215 g/mol. The first kappa shape index (κ1) is 14.4. The molecule has 1 unspecified atom stereocenters. The van der Waals surface area contributed by atoms with Crippen molar-refractivity contribution >= 4 is 5.91 Å². The number of nitrogens with zero attached hydrogens (tertiary/aromatic N) is 1. The molecule has 0 saturated carbocycles.